The Morgan fingerprint density at radius 2 is 1.25 bits per heavy atom. The minimum absolute atomic E-state index is 0.0249. The summed E-state index contributed by atoms with van der Waals surface area (Å²) < 4.78 is 179. The molecule has 0 aromatic heterocycles. The molecule has 2 rings (SSSR count). The fraction of sp³-hybridized carbons (Fsp3) is 0.731. The topological polar surface area (TPSA) is 154 Å². The fourth-order valence-electron chi connectivity index (χ4n) is 2.87. The highest BCUT2D eigenvalue weighted by Crippen LogP contribution is 2.54. The first-order valence-corrected chi connectivity index (χ1v) is 17.2. The lowest BCUT2D eigenvalue weighted by atomic mass is 9.95. The highest BCUT2D eigenvalue weighted by Gasteiger charge is 2.85. The smallest absolute Gasteiger partial charge is 0.460 e. The number of carbonyl (C=O) groups excluding carboxylic acids is 1. The van der Waals surface area contributed by atoms with Gasteiger partial charge in [0.2, 0.25) is 0 Å². The van der Waals surface area contributed by atoms with E-state index in [1.807, 2.05) is 13.7 Å². The zero-order chi connectivity index (χ0) is 38.0. The molecule has 1 fully saturated rings. The third kappa shape index (κ3) is 17.0. The van der Waals surface area contributed by atoms with E-state index in [0.717, 1.165) is 50.9 Å². The van der Waals surface area contributed by atoms with Crippen LogP contribution in [0.5, 0.6) is 0 Å². The third-order valence-electron chi connectivity index (χ3n) is 5.75. The van der Waals surface area contributed by atoms with Gasteiger partial charge in [-0.2, -0.15) is 56.3 Å². The second kappa shape index (κ2) is 21.2. The van der Waals surface area contributed by atoms with Crippen molar-refractivity contribution in [3.8, 4) is 0 Å². The monoisotopic (exact) mass is 758 g/mol. The molecule has 0 amide bonds. The van der Waals surface area contributed by atoms with Crippen LogP contribution in [0, 0.1) is 6.92 Å². The van der Waals surface area contributed by atoms with Crippen molar-refractivity contribution in [3.05, 3.63) is 29.8 Å². The summed E-state index contributed by atoms with van der Waals surface area (Å²) in [5.41, 5.74) is 0.956. The van der Waals surface area contributed by atoms with E-state index in [1.165, 1.54) is 25.0 Å². The molecule has 10 nitrogen and oxygen atoms in total. The number of benzene rings is 1. The zero-order valence-electron chi connectivity index (χ0n) is 26.5. The van der Waals surface area contributed by atoms with Gasteiger partial charge in [0.25, 0.3) is 10.1 Å². The number of cyclic esters (lactones) is 1. The van der Waals surface area contributed by atoms with Crippen LogP contribution in [0.25, 0.3) is 0 Å². The standard InChI is InChI=1S/C9H21BO2.C7H8O3S.C6H10O2.C4HF9O3S/c1-4-6-8-11-10(3)12-9-7-5-2;1-6-2-4-7(5-3-6)11(8,9)10;7-6-4-2-1-3-5-8-6;5-1(6,3(9,10)11)2(7,8)4(12,13)17(14,15)16/h4-9H2,1-3H3;2-5H,1H3,(H,8,9,10);1-5H2;(H,14,15,16). The molecule has 0 aliphatic carbocycles. The zero-order valence-corrected chi connectivity index (χ0v) is 28.2. The number of rotatable bonds is 12. The van der Waals surface area contributed by atoms with Gasteiger partial charge in [-0.15, -0.1) is 0 Å². The van der Waals surface area contributed by atoms with Crippen LogP contribution in [0.2, 0.25) is 6.82 Å². The van der Waals surface area contributed by atoms with Gasteiger partial charge in [-0.25, -0.2) is 0 Å². The molecule has 0 unspecified atom stereocenters. The molecule has 22 heteroatoms. The van der Waals surface area contributed by atoms with E-state index in [4.69, 9.17) is 23.2 Å². The Labute approximate surface area is 274 Å². The predicted molar refractivity (Wildman–Crippen MR) is 156 cm³/mol. The van der Waals surface area contributed by atoms with Crippen LogP contribution in [0.3, 0.4) is 0 Å². The van der Waals surface area contributed by atoms with E-state index in [1.54, 1.807) is 12.1 Å². The summed E-state index contributed by atoms with van der Waals surface area (Å²) in [5.74, 6) is -14.7. The minimum atomic E-state index is -7.37. The van der Waals surface area contributed by atoms with Crippen molar-refractivity contribution in [2.24, 2.45) is 0 Å². The lowest BCUT2D eigenvalue weighted by Crippen LogP contribution is -2.63. The summed E-state index contributed by atoms with van der Waals surface area (Å²) in [5, 5.41) is -7.00. The highest BCUT2D eigenvalue weighted by atomic mass is 32.2. The van der Waals surface area contributed by atoms with Gasteiger partial charge >= 0.3 is 46.5 Å². The van der Waals surface area contributed by atoms with Gasteiger partial charge in [-0.3, -0.25) is 13.9 Å². The highest BCUT2D eigenvalue weighted by molar-refractivity contribution is 7.87. The molecule has 282 valence electrons. The number of unbranched alkanes of at least 4 members (excludes halogenated alkanes) is 2. The summed E-state index contributed by atoms with van der Waals surface area (Å²) in [4.78, 5) is 10.4. The number of ether oxygens (including phenoxy) is 1. The largest absolute Gasteiger partial charge is 0.466 e. The van der Waals surface area contributed by atoms with Gasteiger partial charge in [0, 0.05) is 19.6 Å². The van der Waals surface area contributed by atoms with Crippen molar-refractivity contribution >= 4 is 33.3 Å². The number of halogens is 9. The molecule has 1 saturated heterocycles. The van der Waals surface area contributed by atoms with Gasteiger partial charge in [0.15, 0.2) is 0 Å². The minimum Gasteiger partial charge on any atom is -0.466 e. The van der Waals surface area contributed by atoms with Gasteiger partial charge < -0.3 is 14.0 Å². The van der Waals surface area contributed by atoms with Gasteiger partial charge in [-0.05, 0) is 58.0 Å². The van der Waals surface area contributed by atoms with Crippen LogP contribution in [-0.2, 0) is 39.1 Å². The quantitative estimate of drug-likeness (QED) is 0.0726. The number of hydrogen-bond donors (Lipinski definition) is 2. The summed E-state index contributed by atoms with van der Waals surface area (Å²) >= 11 is 0. The van der Waals surface area contributed by atoms with Crippen LogP contribution in [-0.4, -0.2) is 82.1 Å². The van der Waals surface area contributed by atoms with E-state index in [0.29, 0.717) is 13.0 Å². The first-order chi connectivity index (χ1) is 21.7. The fourth-order valence-corrected chi connectivity index (χ4v) is 3.81. The van der Waals surface area contributed by atoms with E-state index in [2.05, 4.69) is 13.8 Å². The molecule has 0 atom stereocenters. The molecule has 2 N–H and O–H groups in total. The lowest BCUT2D eigenvalue weighted by molar-refractivity contribution is -0.382. The molecule has 0 radical (unpaired) electrons. The van der Waals surface area contributed by atoms with E-state index >= 15 is 0 Å². The maximum Gasteiger partial charge on any atom is 0.460 e. The van der Waals surface area contributed by atoms with Gasteiger partial charge in [-0.1, -0.05) is 44.4 Å². The third-order valence-corrected chi connectivity index (χ3v) is 7.52. The van der Waals surface area contributed by atoms with Crippen molar-refractivity contribution in [2.75, 3.05) is 19.8 Å². The van der Waals surface area contributed by atoms with Crippen LogP contribution in [0.15, 0.2) is 29.2 Å². The summed E-state index contributed by atoms with van der Waals surface area (Å²) in [6.07, 6.45) is 1.31. The van der Waals surface area contributed by atoms with Gasteiger partial charge in [0.1, 0.15) is 0 Å². The van der Waals surface area contributed by atoms with E-state index in [-0.39, 0.29) is 18.0 Å². The first kappa shape index (κ1) is 48.0. The van der Waals surface area contributed by atoms with Crippen molar-refractivity contribution < 1.29 is 84.3 Å². The van der Waals surface area contributed by atoms with Crippen LogP contribution < -0.4 is 0 Å². The predicted octanol–water partition coefficient (Wildman–Crippen LogP) is 7.38. The molecule has 1 aliphatic heterocycles. The Bertz CT molecular complexity index is 1260. The second-order valence-corrected chi connectivity index (χ2v) is 12.9. The average Bonchev–Trinajstić information content (AvgIpc) is 3.20. The first-order valence-electron chi connectivity index (χ1n) is 14.3. The van der Waals surface area contributed by atoms with Crippen LogP contribution in [0.1, 0.15) is 70.8 Å². The van der Waals surface area contributed by atoms with Crippen molar-refractivity contribution in [2.45, 2.75) is 107 Å². The normalized spacial score (nSPS) is 14.5. The molecule has 1 aromatic carbocycles. The summed E-state index contributed by atoms with van der Waals surface area (Å²) in [6, 6.07) is 5.99. The van der Waals surface area contributed by atoms with Crippen molar-refractivity contribution in [1.29, 1.82) is 0 Å². The second-order valence-electron chi connectivity index (χ2n) is 9.97. The molecule has 0 spiro atoms. The summed E-state index contributed by atoms with van der Waals surface area (Å²) in [7, 11) is -11.2. The lowest BCUT2D eigenvalue weighted by Gasteiger charge is -2.31. The Morgan fingerprint density at radius 3 is 1.62 bits per heavy atom. The number of carbonyl (C=O) groups is 1. The molecule has 0 bridgehead atoms. The molecule has 1 heterocycles. The number of hydrogen-bond acceptors (Lipinski definition) is 8. The maximum absolute atomic E-state index is 12.2. The Kier molecular flexibility index (Phi) is 21.2. The van der Waals surface area contributed by atoms with Crippen LogP contribution in [0.4, 0.5) is 39.5 Å². The van der Waals surface area contributed by atoms with E-state index < -0.39 is 43.5 Å². The van der Waals surface area contributed by atoms with Crippen molar-refractivity contribution in [1.82, 2.24) is 0 Å². The maximum atomic E-state index is 12.2. The molecule has 1 aliphatic rings. The average molecular weight is 759 g/mol. The molecular formula is C26H40BF9O10S2. The number of alkyl halides is 9. The Hall–Kier alpha value is -2.14. The molecule has 1 aromatic rings. The molecule has 48 heavy (non-hydrogen) atoms. The SMILES string of the molecule is CCCCOB(C)OCCCC.Cc1ccc(S(=O)(=O)O)cc1.O=C1CCCCCO1.O=S(=O)(O)C(F)(F)C(F)(F)C(F)(F)C(F)(F)F. The number of esters is 1. The number of aryl methyl sites for hydroxylation is 1. The Balaban J connectivity index is 0. The molecule has 0 saturated carbocycles. The summed E-state index contributed by atoms with van der Waals surface area (Å²) in [6.45, 7) is 10.4. The Morgan fingerprint density at radius 1 is 0.792 bits per heavy atom. The van der Waals surface area contributed by atoms with Gasteiger partial charge in [0.05, 0.1) is 11.5 Å². The molecular weight excluding hydrogens is 718 g/mol. The van der Waals surface area contributed by atoms with Crippen molar-refractivity contribution in [3.63, 3.8) is 0 Å². The van der Waals surface area contributed by atoms with E-state index in [9.17, 15) is 61.1 Å². The van der Waals surface area contributed by atoms with Crippen LogP contribution >= 0.6 is 0 Å².